The molecule has 2 aliphatic heterocycles. The summed E-state index contributed by atoms with van der Waals surface area (Å²) in [5.74, 6) is 1.68. The van der Waals surface area contributed by atoms with E-state index in [0.29, 0.717) is 26.2 Å². The maximum Gasteiger partial charge on any atom is 0.410 e. The van der Waals surface area contributed by atoms with E-state index in [0.717, 1.165) is 22.5 Å². The fraction of sp³-hybridized carbons (Fsp3) is 0.500. The number of hydrogen-bond acceptors (Lipinski definition) is 6. The summed E-state index contributed by atoms with van der Waals surface area (Å²) in [6, 6.07) is 5.88. The van der Waals surface area contributed by atoms with E-state index in [1.165, 1.54) is 0 Å². The smallest absolute Gasteiger partial charge is 0.410 e. The number of rotatable bonds is 0. The van der Waals surface area contributed by atoms with Crippen LogP contribution < -0.4 is 9.64 Å². The van der Waals surface area contributed by atoms with Crippen LogP contribution in [-0.4, -0.2) is 58.8 Å². The summed E-state index contributed by atoms with van der Waals surface area (Å²) in [7, 11) is 0. The molecule has 7 heteroatoms. The maximum atomic E-state index is 12.4. The molecule has 1 saturated heterocycles. The number of benzene rings is 1. The van der Waals surface area contributed by atoms with Gasteiger partial charge in [0.1, 0.15) is 30.1 Å². The molecule has 1 aromatic heterocycles. The Kier molecular flexibility index (Phi) is 3.67. The van der Waals surface area contributed by atoms with E-state index in [1.54, 1.807) is 11.2 Å². The first-order valence-electron chi connectivity index (χ1n) is 8.53. The third kappa shape index (κ3) is 2.94. The number of piperazine rings is 1. The molecule has 1 atom stereocenters. The van der Waals surface area contributed by atoms with Crippen LogP contribution in [0, 0.1) is 0 Å². The lowest BCUT2D eigenvalue weighted by atomic mass is 10.1. The van der Waals surface area contributed by atoms with Gasteiger partial charge in [0.25, 0.3) is 0 Å². The average molecular weight is 342 g/mol. The van der Waals surface area contributed by atoms with Gasteiger partial charge in [0.15, 0.2) is 0 Å². The zero-order chi connectivity index (χ0) is 17.6. The quantitative estimate of drug-likeness (QED) is 0.732. The molecule has 0 aliphatic carbocycles. The topological polar surface area (TPSA) is 67.8 Å². The first kappa shape index (κ1) is 15.9. The summed E-state index contributed by atoms with van der Waals surface area (Å²) in [4.78, 5) is 25.2. The number of aromatic nitrogens is 2. The summed E-state index contributed by atoms with van der Waals surface area (Å²) < 4.78 is 11.5. The zero-order valence-electron chi connectivity index (χ0n) is 14.7. The van der Waals surface area contributed by atoms with Crippen molar-refractivity contribution in [1.29, 1.82) is 0 Å². The fourth-order valence-electron chi connectivity index (χ4n) is 3.36. The third-order valence-electron chi connectivity index (χ3n) is 4.44. The summed E-state index contributed by atoms with van der Waals surface area (Å²) >= 11 is 0. The first-order chi connectivity index (χ1) is 11.9. The Balaban J connectivity index is 1.62. The van der Waals surface area contributed by atoms with Gasteiger partial charge in [-0.1, -0.05) is 6.07 Å². The molecular weight excluding hydrogens is 320 g/mol. The molecule has 1 aromatic carbocycles. The van der Waals surface area contributed by atoms with Crippen LogP contribution in [0.2, 0.25) is 0 Å². The monoisotopic (exact) mass is 342 g/mol. The van der Waals surface area contributed by atoms with Gasteiger partial charge in [0.2, 0.25) is 0 Å². The van der Waals surface area contributed by atoms with Crippen LogP contribution in [0.5, 0.6) is 5.75 Å². The second-order valence-corrected chi connectivity index (χ2v) is 7.43. The van der Waals surface area contributed by atoms with E-state index in [1.807, 2.05) is 39.0 Å². The highest BCUT2D eigenvalue weighted by Crippen LogP contribution is 2.36. The van der Waals surface area contributed by atoms with Gasteiger partial charge < -0.3 is 19.3 Å². The predicted octanol–water partition coefficient (Wildman–Crippen LogP) is 2.45. The van der Waals surface area contributed by atoms with Crippen LogP contribution in [-0.2, 0) is 4.74 Å². The lowest BCUT2D eigenvalue weighted by molar-refractivity contribution is 0.0202. The van der Waals surface area contributed by atoms with Crippen molar-refractivity contribution in [3.63, 3.8) is 0 Å². The van der Waals surface area contributed by atoms with Crippen molar-refractivity contribution in [2.75, 3.05) is 31.1 Å². The van der Waals surface area contributed by atoms with E-state index < -0.39 is 5.60 Å². The summed E-state index contributed by atoms with van der Waals surface area (Å²) in [5, 5.41) is 0.943. The fourth-order valence-corrected chi connectivity index (χ4v) is 3.36. The minimum Gasteiger partial charge on any atom is -0.491 e. The molecule has 0 saturated carbocycles. The molecule has 2 aromatic rings. The lowest BCUT2D eigenvalue weighted by Gasteiger charge is -2.41. The highest BCUT2D eigenvalue weighted by Gasteiger charge is 2.35. The molecule has 0 spiro atoms. The van der Waals surface area contributed by atoms with Gasteiger partial charge in [0, 0.05) is 19.6 Å². The molecule has 1 amide bonds. The highest BCUT2D eigenvalue weighted by atomic mass is 16.6. The largest absolute Gasteiger partial charge is 0.491 e. The number of amides is 1. The van der Waals surface area contributed by atoms with Crippen LogP contribution in [0.1, 0.15) is 20.8 Å². The Morgan fingerprint density at radius 2 is 2.12 bits per heavy atom. The minimum absolute atomic E-state index is 0.0340. The number of carbonyl (C=O) groups is 1. The molecule has 0 radical (unpaired) electrons. The molecule has 3 heterocycles. The Labute approximate surface area is 146 Å². The Morgan fingerprint density at radius 1 is 1.28 bits per heavy atom. The van der Waals surface area contributed by atoms with Gasteiger partial charge in [-0.3, -0.25) is 0 Å². The Morgan fingerprint density at radius 3 is 2.92 bits per heavy atom. The average Bonchev–Trinajstić information content (AvgIpc) is 2.72. The van der Waals surface area contributed by atoms with E-state index in [4.69, 9.17) is 9.47 Å². The molecular formula is C18H22N4O3. The zero-order valence-corrected chi connectivity index (χ0v) is 14.7. The van der Waals surface area contributed by atoms with Crippen LogP contribution in [0.4, 0.5) is 10.6 Å². The van der Waals surface area contributed by atoms with Crippen molar-refractivity contribution in [1.82, 2.24) is 14.9 Å². The Hall–Kier alpha value is -2.57. The maximum absolute atomic E-state index is 12.4. The first-order valence-corrected chi connectivity index (χ1v) is 8.53. The van der Waals surface area contributed by atoms with Crippen LogP contribution in [0.3, 0.4) is 0 Å². The normalized spacial score (nSPS) is 19.9. The van der Waals surface area contributed by atoms with E-state index in [9.17, 15) is 4.79 Å². The van der Waals surface area contributed by atoms with Gasteiger partial charge >= 0.3 is 6.09 Å². The SMILES string of the molecule is CC(C)(C)OC(=O)N1CCN2c3ncnc4cccc(c34)OCC2C1. The minimum atomic E-state index is -0.497. The molecule has 4 rings (SSSR count). The molecule has 7 nitrogen and oxygen atoms in total. The van der Waals surface area contributed by atoms with Crippen molar-refractivity contribution >= 4 is 22.8 Å². The molecule has 0 bridgehead atoms. The van der Waals surface area contributed by atoms with Crippen LogP contribution in [0.25, 0.3) is 10.9 Å². The van der Waals surface area contributed by atoms with Gasteiger partial charge in [-0.05, 0) is 32.9 Å². The van der Waals surface area contributed by atoms with Gasteiger partial charge in [-0.15, -0.1) is 0 Å². The number of hydrogen-bond donors (Lipinski definition) is 0. The van der Waals surface area contributed by atoms with Crippen molar-refractivity contribution in [3.8, 4) is 5.75 Å². The second-order valence-electron chi connectivity index (χ2n) is 7.43. The number of fused-ring (bicyclic) bond motifs is 2. The lowest BCUT2D eigenvalue weighted by Crippen LogP contribution is -2.57. The summed E-state index contributed by atoms with van der Waals surface area (Å²) in [6.07, 6.45) is 1.31. The Bertz CT molecular complexity index is 812. The van der Waals surface area contributed by atoms with Gasteiger partial charge in [0.05, 0.1) is 16.9 Å². The molecule has 1 unspecified atom stereocenters. The summed E-state index contributed by atoms with van der Waals surface area (Å²) in [5.41, 5.74) is 0.376. The molecule has 1 fully saturated rings. The number of nitrogens with zero attached hydrogens (tertiary/aromatic N) is 4. The molecule has 0 N–H and O–H groups in total. The molecule has 2 aliphatic rings. The number of ether oxygens (including phenoxy) is 2. The van der Waals surface area contributed by atoms with Crippen LogP contribution in [0.15, 0.2) is 24.5 Å². The number of carbonyl (C=O) groups excluding carboxylic acids is 1. The van der Waals surface area contributed by atoms with E-state index in [-0.39, 0.29) is 12.1 Å². The summed E-state index contributed by atoms with van der Waals surface area (Å²) in [6.45, 7) is 7.97. The van der Waals surface area contributed by atoms with E-state index >= 15 is 0 Å². The van der Waals surface area contributed by atoms with E-state index in [2.05, 4.69) is 14.9 Å². The third-order valence-corrected chi connectivity index (χ3v) is 4.44. The standard InChI is InChI=1S/C18H22N4O3/c1-18(2,3)25-17(23)21-7-8-22-12(9-21)10-24-14-6-4-5-13-15(14)16(22)20-11-19-13/h4-6,11-12H,7-10H2,1-3H3. The predicted molar refractivity (Wildman–Crippen MR) is 94.0 cm³/mol. The molecule has 25 heavy (non-hydrogen) atoms. The van der Waals surface area contributed by atoms with Crippen molar-refractivity contribution in [2.45, 2.75) is 32.4 Å². The number of anilines is 1. The van der Waals surface area contributed by atoms with Crippen molar-refractivity contribution in [2.24, 2.45) is 0 Å². The van der Waals surface area contributed by atoms with Crippen molar-refractivity contribution < 1.29 is 14.3 Å². The van der Waals surface area contributed by atoms with Gasteiger partial charge in [-0.2, -0.15) is 0 Å². The molecule has 132 valence electrons. The second kappa shape index (κ2) is 5.75. The van der Waals surface area contributed by atoms with Crippen LogP contribution >= 0.6 is 0 Å². The van der Waals surface area contributed by atoms with Crippen molar-refractivity contribution in [3.05, 3.63) is 24.5 Å². The highest BCUT2D eigenvalue weighted by molar-refractivity contribution is 5.95. The van der Waals surface area contributed by atoms with Gasteiger partial charge in [-0.25, -0.2) is 14.8 Å².